The van der Waals surface area contributed by atoms with Crippen molar-refractivity contribution in [3.63, 3.8) is 0 Å². The number of nitrogens with zero attached hydrogens (tertiary/aromatic N) is 3. The SMILES string of the molecule is O=C(C=CCN1CCC(SC2CCOC2=O)CC1)Nc1cc2c(Nc3ccc(F)c(Cl)c3)ncnc2cc1OCC1CC1. The van der Waals surface area contributed by atoms with E-state index in [4.69, 9.17) is 21.1 Å². The number of benzene rings is 2. The second-order valence-electron chi connectivity index (χ2n) is 11.1. The Morgan fingerprint density at radius 2 is 2.00 bits per heavy atom. The van der Waals surface area contributed by atoms with Crippen molar-refractivity contribution < 1.29 is 23.5 Å². The molecule has 12 heteroatoms. The molecule has 2 aromatic carbocycles. The number of cyclic esters (lactones) is 1. The van der Waals surface area contributed by atoms with Crippen LogP contribution in [0.1, 0.15) is 32.1 Å². The number of hydrogen-bond donors (Lipinski definition) is 2. The summed E-state index contributed by atoms with van der Waals surface area (Å²) in [5.41, 5.74) is 1.72. The minimum atomic E-state index is -0.508. The van der Waals surface area contributed by atoms with Crippen LogP contribution in [0.2, 0.25) is 5.02 Å². The quantitative estimate of drug-likeness (QED) is 0.197. The van der Waals surface area contributed by atoms with E-state index in [-0.39, 0.29) is 22.1 Å². The lowest BCUT2D eigenvalue weighted by Gasteiger charge is -2.31. The maximum absolute atomic E-state index is 13.7. The van der Waals surface area contributed by atoms with E-state index in [1.165, 1.54) is 18.5 Å². The van der Waals surface area contributed by atoms with Crippen LogP contribution in [0.3, 0.4) is 0 Å². The van der Waals surface area contributed by atoms with Crippen molar-refractivity contribution in [3.05, 3.63) is 59.7 Å². The molecular formula is C31H33ClFN5O4S. The molecule has 1 saturated carbocycles. The minimum Gasteiger partial charge on any atom is -0.491 e. The van der Waals surface area contributed by atoms with Crippen LogP contribution in [0, 0.1) is 11.7 Å². The zero-order valence-electron chi connectivity index (χ0n) is 23.6. The lowest BCUT2D eigenvalue weighted by molar-refractivity contribution is -0.137. The summed E-state index contributed by atoms with van der Waals surface area (Å²) in [5, 5.41) is 7.24. The highest BCUT2D eigenvalue weighted by molar-refractivity contribution is 8.01. The Bertz CT molecular complexity index is 1530. The highest BCUT2D eigenvalue weighted by Crippen LogP contribution is 2.36. The number of carbonyl (C=O) groups excluding carboxylic acids is 2. The van der Waals surface area contributed by atoms with Crippen LogP contribution in [-0.4, -0.2) is 70.1 Å². The van der Waals surface area contributed by atoms with Gasteiger partial charge in [-0.1, -0.05) is 17.7 Å². The fourth-order valence-corrected chi connectivity index (χ4v) is 6.69. The van der Waals surface area contributed by atoms with Gasteiger partial charge in [0.25, 0.3) is 0 Å². The van der Waals surface area contributed by atoms with Crippen molar-refractivity contribution in [3.8, 4) is 5.75 Å². The normalized spacial score (nSPS) is 19.6. The fourth-order valence-electron chi connectivity index (χ4n) is 5.15. The molecule has 2 aliphatic heterocycles. The second-order valence-corrected chi connectivity index (χ2v) is 13.0. The number of aromatic nitrogens is 2. The number of halogens is 2. The maximum atomic E-state index is 13.7. The van der Waals surface area contributed by atoms with Gasteiger partial charge in [0.15, 0.2) is 0 Å². The average molecular weight is 626 g/mol. The zero-order valence-corrected chi connectivity index (χ0v) is 25.1. The van der Waals surface area contributed by atoms with Crippen LogP contribution in [0.25, 0.3) is 10.9 Å². The van der Waals surface area contributed by atoms with Gasteiger partial charge in [-0.25, -0.2) is 14.4 Å². The third-order valence-corrected chi connectivity index (χ3v) is 9.66. The van der Waals surface area contributed by atoms with Crippen molar-refractivity contribution in [2.45, 2.75) is 42.6 Å². The van der Waals surface area contributed by atoms with E-state index in [1.54, 1.807) is 36.0 Å². The summed E-state index contributed by atoms with van der Waals surface area (Å²) in [7, 11) is 0. The molecule has 2 saturated heterocycles. The summed E-state index contributed by atoms with van der Waals surface area (Å²) in [5.74, 6) is 0.704. The van der Waals surface area contributed by atoms with E-state index in [9.17, 15) is 14.0 Å². The first kappa shape index (κ1) is 29.7. The van der Waals surface area contributed by atoms with Crippen molar-refractivity contribution >= 4 is 63.3 Å². The summed E-state index contributed by atoms with van der Waals surface area (Å²) in [6.45, 7) is 3.62. The molecule has 3 aliphatic rings. The second kappa shape index (κ2) is 13.5. The molecule has 43 heavy (non-hydrogen) atoms. The molecule has 1 aromatic heterocycles. The van der Waals surface area contributed by atoms with Crippen LogP contribution in [0.5, 0.6) is 5.75 Å². The topological polar surface area (TPSA) is 106 Å². The van der Waals surface area contributed by atoms with Gasteiger partial charge < -0.3 is 20.1 Å². The summed E-state index contributed by atoms with van der Waals surface area (Å²) in [4.78, 5) is 35.9. The molecule has 1 aliphatic carbocycles. The molecule has 1 amide bonds. The van der Waals surface area contributed by atoms with Gasteiger partial charge in [-0.2, -0.15) is 0 Å². The van der Waals surface area contributed by atoms with Crippen LogP contribution in [0.15, 0.2) is 48.8 Å². The van der Waals surface area contributed by atoms with E-state index in [0.717, 1.165) is 45.2 Å². The standard InChI is InChI=1S/C31H33ClFN5O4S/c32-23-14-20(5-6-24(23)33)36-30-22-15-26(27(42-17-19-3-4-19)16-25(22)34-18-35-30)37-29(39)2-1-10-38-11-7-21(8-12-38)43-28-9-13-41-31(28)40/h1-2,5-6,14-16,18-19,21,28H,3-4,7-13,17H2,(H,37,39)(H,34,35,36). The molecule has 2 N–H and O–H groups in total. The van der Waals surface area contributed by atoms with Gasteiger partial charge in [0.2, 0.25) is 5.91 Å². The summed E-state index contributed by atoms with van der Waals surface area (Å²) < 4.78 is 24.9. The Hall–Kier alpha value is -3.41. The van der Waals surface area contributed by atoms with Gasteiger partial charge in [-0.3, -0.25) is 14.5 Å². The van der Waals surface area contributed by atoms with Gasteiger partial charge >= 0.3 is 5.97 Å². The Kier molecular flexibility index (Phi) is 9.30. The predicted octanol–water partition coefficient (Wildman–Crippen LogP) is 5.96. The zero-order chi connectivity index (χ0) is 29.8. The molecular weight excluding hydrogens is 593 g/mol. The van der Waals surface area contributed by atoms with Crippen molar-refractivity contribution in [1.29, 1.82) is 0 Å². The average Bonchev–Trinajstić information content (AvgIpc) is 3.75. The van der Waals surface area contributed by atoms with Gasteiger partial charge in [-0.05, 0) is 69.0 Å². The number of fused-ring (bicyclic) bond motifs is 1. The number of ether oxygens (including phenoxy) is 2. The Balaban J connectivity index is 1.10. The maximum Gasteiger partial charge on any atom is 0.319 e. The molecule has 9 nitrogen and oxygen atoms in total. The van der Waals surface area contributed by atoms with Crippen LogP contribution in [0.4, 0.5) is 21.6 Å². The molecule has 6 rings (SSSR count). The third-order valence-electron chi connectivity index (χ3n) is 7.76. The van der Waals surface area contributed by atoms with E-state index in [1.807, 2.05) is 6.08 Å². The van der Waals surface area contributed by atoms with Crippen LogP contribution < -0.4 is 15.4 Å². The van der Waals surface area contributed by atoms with Crippen molar-refractivity contribution in [2.24, 2.45) is 5.92 Å². The Morgan fingerprint density at radius 3 is 2.74 bits per heavy atom. The smallest absolute Gasteiger partial charge is 0.319 e. The van der Waals surface area contributed by atoms with Gasteiger partial charge in [0, 0.05) is 41.4 Å². The summed E-state index contributed by atoms with van der Waals surface area (Å²) >= 11 is 7.72. The van der Waals surface area contributed by atoms with Gasteiger partial charge in [0.05, 0.1) is 29.4 Å². The first-order valence-corrected chi connectivity index (χ1v) is 15.9. The number of rotatable bonds is 11. The number of amides is 1. The van der Waals surface area contributed by atoms with Crippen molar-refractivity contribution in [1.82, 2.24) is 14.9 Å². The molecule has 0 spiro atoms. The predicted molar refractivity (Wildman–Crippen MR) is 167 cm³/mol. The number of thioether (sulfide) groups is 1. The van der Waals surface area contributed by atoms with E-state index in [2.05, 4.69) is 25.5 Å². The van der Waals surface area contributed by atoms with Crippen LogP contribution in [-0.2, 0) is 14.3 Å². The summed E-state index contributed by atoms with van der Waals surface area (Å²) in [6, 6.07) is 7.93. The number of nitrogens with one attached hydrogen (secondary N) is 2. The monoisotopic (exact) mass is 625 g/mol. The molecule has 0 radical (unpaired) electrons. The van der Waals surface area contributed by atoms with E-state index in [0.29, 0.717) is 64.8 Å². The third kappa shape index (κ3) is 7.76. The highest BCUT2D eigenvalue weighted by Gasteiger charge is 2.31. The number of piperidine rings is 1. The summed E-state index contributed by atoms with van der Waals surface area (Å²) in [6.07, 6.45) is 9.95. The van der Waals surface area contributed by atoms with Gasteiger partial charge in [0.1, 0.15) is 29.0 Å². The van der Waals surface area contributed by atoms with Crippen molar-refractivity contribution in [2.75, 3.05) is 43.5 Å². The number of carbonyl (C=O) groups is 2. The highest BCUT2D eigenvalue weighted by atomic mass is 35.5. The molecule has 226 valence electrons. The molecule has 3 heterocycles. The van der Waals surface area contributed by atoms with Crippen LogP contribution >= 0.6 is 23.4 Å². The minimum absolute atomic E-state index is 0.00205. The lowest BCUT2D eigenvalue weighted by Crippen LogP contribution is -2.35. The van der Waals surface area contributed by atoms with E-state index < -0.39 is 5.82 Å². The molecule has 0 bridgehead atoms. The Labute approximate surface area is 258 Å². The number of likely N-dealkylation sites (tertiary alicyclic amines) is 1. The molecule has 3 aromatic rings. The largest absolute Gasteiger partial charge is 0.491 e. The number of anilines is 3. The van der Waals surface area contributed by atoms with Gasteiger partial charge in [-0.15, -0.1) is 11.8 Å². The molecule has 1 atom stereocenters. The fraction of sp³-hybridized carbons (Fsp3) is 0.419. The first-order valence-electron chi connectivity index (χ1n) is 14.6. The molecule has 3 fully saturated rings. The Morgan fingerprint density at radius 1 is 1.16 bits per heavy atom. The first-order chi connectivity index (χ1) is 20.9. The lowest BCUT2D eigenvalue weighted by atomic mass is 10.1. The number of esters is 1. The molecule has 1 unspecified atom stereocenters. The van der Waals surface area contributed by atoms with E-state index >= 15 is 0 Å². The number of hydrogen-bond acceptors (Lipinski definition) is 9.